The Hall–Kier alpha value is -1.67. The summed E-state index contributed by atoms with van der Waals surface area (Å²) in [6.45, 7) is 1.98. The molecular weight excluding hydrogens is 306 g/mol. The molecule has 0 atom stereocenters. The lowest BCUT2D eigenvalue weighted by Gasteiger charge is -2.05. The van der Waals surface area contributed by atoms with E-state index in [0.717, 1.165) is 16.5 Å². The standard InChI is InChI=1S/C13H13N5OS2/c1-7-16-17-13(18(7)8-2-3-8)21-6-10-14-9-4-5-20-11(9)12(19)15-10/h4-5,8H,2-3,6H2,1H3,(H,14,15,19). The molecule has 0 unspecified atom stereocenters. The van der Waals surface area contributed by atoms with Crippen molar-refractivity contribution in [1.29, 1.82) is 0 Å². The lowest BCUT2D eigenvalue weighted by Crippen LogP contribution is -2.09. The highest BCUT2D eigenvalue weighted by molar-refractivity contribution is 7.98. The summed E-state index contributed by atoms with van der Waals surface area (Å²) in [5.41, 5.74) is 0.699. The second-order valence-electron chi connectivity index (χ2n) is 5.07. The number of hydrogen-bond acceptors (Lipinski definition) is 6. The quantitative estimate of drug-likeness (QED) is 0.748. The summed E-state index contributed by atoms with van der Waals surface area (Å²) in [6, 6.07) is 2.43. The van der Waals surface area contributed by atoms with Gasteiger partial charge in [-0.25, -0.2) is 4.98 Å². The number of thioether (sulfide) groups is 1. The molecule has 0 radical (unpaired) electrons. The zero-order chi connectivity index (χ0) is 14.4. The predicted octanol–water partition coefficient (Wildman–Crippen LogP) is 2.51. The molecule has 0 amide bonds. The molecule has 0 bridgehead atoms. The van der Waals surface area contributed by atoms with Crippen LogP contribution in [0.2, 0.25) is 0 Å². The van der Waals surface area contributed by atoms with Gasteiger partial charge in [0.05, 0.1) is 11.3 Å². The average Bonchev–Trinajstić information content (AvgIpc) is 3.05. The Labute approximate surface area is 128 Å². The second-order valence-corrected chi connectivity index (χ2v) is 6.93. The Morgan fingerprint density at radius 3 is 3.14 bits per heavy atom. The number of nitrogens with one attached hydrogen (secondary N) is 1. The molecule has 0 aromatic carbocycles. The Bertz CT molecular complexity index is 861. The summed E-state index contributed by atoms with van der Waals surface area (Å²) in [6.07, 6.45) is 2.39. The molecule has 1 aliphatic carbocycles. The van der Waals surface area contributed by atoms with Gasteiger partial charge in [0.25, 0.3) is 5.56 Å². The van der Waals surface area contributed by atoms with E-state index in [-0.39, 0.29) is 5.56 Å². The van der Waals surface area contributed by atoms with Gasteiger partial charge in [-0.2, -0.15) is 0 Å². The minimum Gasteiger partial charge on any atom is -0.309 e. The first-order chi connectivity index (χ1) is 10.2. The molecule has 21 heavy (non-hydrogen) atoms. The maximum absolute atomic E-state index is 11.9. The fourth-order valence-corrected chi connectivity index (χ4v) is 3.97. The summed E-state index contributed by atoms with van der Waals surface area (Å²) >= 11 is 2.98. The van der Waals surface area contributed by atoms with E-state index >= 15 is 0 Å². The fraction of sp³-hybridized carbons (Fsp3) is 0.385. The topological polar surface area (TPSA) is 76.5 Å². The minimum atomic E-state index is -0.0644. The molecule has 3 aromatic rings. The molecule has 1 saturated carbocycles. The van der Waals surface area contributed by atoms with Crippen molar-refractivity contribution in [3.8, 4) is 0 Å². The van der Waals surface area contributed by atoms with Crippen LogP contribution in [-0.2, 0) is 5.75 Å². The van der Waals surface area contributed by atoms with Crippen molar-refractivity contribution in [2.45, 2.75) is 36.7 Å². The number of fused-ring (bicyclic) bond motifs is 1. The van der Waals surface area contributed by atoms with Crippen molar-refractivity contribution in [3.05, 3.63) is 33.4 Å². The molecule has 1 fully saturated rings. The third kappa shape index (κ3) is 2.38. The van der Waals surface area contributed by atoms with Gasteiger partial charge in [-0.1, -0.05) is 11.8 Å². The van der Waals surface area contributed by atoms with Crippen molar-refractivity contribution in [3.63, 3.8) is 0 Å². The molecule has 3 aromatic heterocycles. The van der Waals surface area contributed by atoms with Crippen LogP contribution in [0.1, 0.15) is 30.5 Å². The maximum atomic E-state index is 11.9. The number of hydrogen-bond donors (Lipinski definition) is 1. The zero-order valence-electron chi connectivity index (χ0n) is 11.4. The number of aromatic amines is 1. The number of thiophene rings is 1. The Balaban J connectivity index is 1.59. The van der Waals surface area contributed by atoms with E-state index in [1.54, 1.807) is 11.8 Å². The minimum absolute atomic E-state index is 0.0644. The van der Waals surface area contributed by atoms with Gasteiger partial charge in [-0.15, -0.1) is 21.5 Å². The van der Waals surface area contributed by atoms with E-state index in [0.29, 0.717) is 22.3 Å². The van der Waals surface area contributed by atoms with Gasteiger partial charge in [0.1, 0.15) is 16.3 Å². The molecule has 0 aliphatic heterocycles. The summed E-state index contributed by atoms with van der Waals surface area (Å²) < 4.78 is 2.87. The largest absolute Gasteiger partial charge is 0.309 e. The molecular formula is C13H13N5OS2. The highest BCUT2D eigenvalue weighted by Crippen LogP contribution is 2.38. The Morgan fingerprint density at radius 1 is 1.48 bits per heavy atom. The third-order valence-electron chi connectivity index (χ3n) is 3.45. The van der Waals surface area contributed by atoms with E-state index in [4.69, 9.17) is 0 Å². The van der Waals surface area contributed by atoms with Crippen molar-refractivity contribution in [2.24, 2.45) is 0 Å². The normalized spacial score (nSPS) is 14.9. The van der Waals surface area contributed by atoms with Gasteiger partial charge in [0.2, 0.25) is 0 Å². The van der Waals surface area contributed by atoms with Crippen molar-refractivity contribution in [1.82, 2.24) is 24.7 Å². The highest BCUT2D eigenvalue weighted by Gasteiger charge is 2.28. The summed E-state index contributed by atoms with van der Waals surface area (Å²) in [5.74, 6) is 2.22. The monoisotopic (exact) mass is 319 g/mol. The molecule has 3 heterocycles. The number of nitrogens with zero attached hydrogens (tertiary/aromatic N) is 4. The Kier molecular flexibility index (Phi) is 3.07. The van der Waals surface area contributed by atoms with Crippen LogP contribution >= 0.6 is 23.1 Å². The van der Waals surface area contributed by atoms with E-state index in [1.165, 1.54) is 24.2 Å². The molecule has 4 rings (SSSR count). The summed E-state index contributed by atoms with van der Waals surface area (Å²) in [7, 11) is 0. The second kappa shape index (κ2) is 4.96. The lowest BCUT2D eigenvalue weighted by atomic mass is 10.4. The molecule has 0 saturated heterocycles. The first-order valence-electron chi connectivity index (χ1n) is 6.73. The van der Waals surface area contributed by atoms with Crippen LogP contribution in [0.4, 0.5) is 0 Å². The predicted molar refractivity (Wildman–Crippen MR) is 82.8 cm³/mol. The molecule has 108 valence electrons. The lowest BCUT2D eigenvalue weighted by molar-refractivity contribution is 0.644. The van der Waals surface area contributed by atoms with Gasteiger partial charge in [0, 0.05) is 6.04 Å². The zero-order valence-corrected chi connectivity index (χ0v) is 13.0. The smallest absolute Gasteiger partial charge is 0.268 e. The third-order valence-corrected chi connectivity index (χ3v) is 5.31. The number of H-pyrrole nitrogens is 1. The average molecular weight is 319 g/mol. The van der Waals surface area contributed by atoms with Crippen molar-refractivity contribution in [2.75, 3.05) is 0 Å². The van der Waals surface area contributed by atoms with Gasteiger partial charge >= 0.3 is 0 Å². The van der Waals surface area contributed by atoms with Crippen molar-refractivity contribution < 1.29 is 0 Å². The Morgan fingerprint density at radius 2 is 2.33 bits per heavy atom. The summed E-state index contributed by atoms with van der Waals surface area (Å²) in [4.78, 5) is 19.3. The number of rotatable bonds is 4. The highest BCUT2D eigenvalue weighted by atomic mass is 32.2. The molecule has 1 N–H and O–H groups in total. The van der Waals surface area contributed by atoms with Gasteiger partial charge in [-0.05, 0) is 31.2 Å². The number of aryl methyl sites for hydroxylation is 1. The van der Waals surface area contributed by atoms with E-state index in [9.17, 15) is 4.79 Å². The van der Waals surface area contributed by atoms with Crippen LogP contribution in [0.5, 0.6) is 0 Å². The van der Waals surface area contributed by atoms with Gasteiger partial charge < -0.3 is 9.55 Å². The van der Waals surface area contributed by atoms with Crippen molar-refractivity contribution >= 4 is 33.3 Å². The van der Waals surface area contributed by atoms with Crippen LogP contribution in [0.3, 0.4) is 0 Å². The van der Waals surface area contributed by atoms with Crippen LogP contribution in [-0.4, -0.2) is 24.7 Å². The van der Waals surface area contributed by atoms with Crippen LogP contribution in [0, 0.1) is 6.92 Å². The van der Waals surface area contributed by atoms with Gasteiger partial charge in [-0.3, -0.25) is 4.79 Å². The maximum Gasteiger partial charge on any atom is 0.268 e. The van der Waals surface area contributed by atoms with E-state index in [1.807, 2.05) is 18.4 Å². The van der Waals surface area contributed by atoms with Gasteiger partial charge in [0.15, 0.2) is 5.16 Å². The first-order valence-corrected chi connectivity index (χ1v) is 8.59. The summed E-state index contributed by atoms with van der Waals surface area (Å²) in [5, 5.41) is 11.2. The fourth-order valence-electron chi connectivity index (χ4n) is 2.32. The molecule has 1 aliphatic rings. The van der Waals surface area contributed by atoms with Crippen LogP contribution in [0.25, 0.3) is 10.2 Å². The first kappa shape index (κ1) is 13.0. The SMILES string of the molecule is Cc1nnc(SCc2nc3ccsc3c(=O)[nH]2)n1C1CC1. The molecule has 8 heteroatoms. The van der Waals surface area contributed by atoms with Crippen LogP contribution in [0.15, 0.2) is 21.4 Å². The van der Waals surface area contributed by atoms with Crippen LogP contribution < -0.4 is 5.56 Å². The van der Waals surface area contributed by atoms with E-state index in [2.05, 4.69) is 24.7 Å². The molecule has 0 spiro atoms. The molecule has 6 nitrogen and oxygen atoms in total. The van der Waals surface area contributed by atoms with E-state index < -0.39 is 0 Å². The number of aromatic nitrogens is 5.